The van der Waals surface area contributed by atoms with Crippen molar-refractivity contribution >= 4 is 29.8 Å². The lowest BCUT2D eigenvalue weighted by atomic mass is 10.2. The number of hydrazone groups is 2. The van der Waals surface area contributed by atoms with E-state index in [-0.39, 0.29) is 22.9 Å². The third-order valence-corrected chi connectivity index (χ3v) is 3.56. The molecule has 30 heavy (non-hydrogen) atoms. The van der Waals surface area contributed by atoms with Crippen LogP contribution in [0.1, 0.15) is 11.1 Å². The molecular weight excluding hydrogens is 400 g/mol. The summed E-state index contributed by atoms with van der Waals surface area (Å²) < 4.78 is 9.78. The number of hydrogen-bond donors (Lipinski definition) is 2. The van der Waals surface area contributed by atoms with E-state index in [4.69, 9.17) is 9.47 Å². The van der Waals surface area contributed by atoms with E-state index in [9.17, 15) is 25.0 Å². The van der Waals surface area contributed by atoms with Crippen LogP contribution in [0, 0.1) is 20.2 Å². The van der Waals surface area contributed by atoms with E-state index in [1.54, 1.807) is 0 Å². The summed E-state index contributed by atoms with van der Waals surface area (Å²) in [5.74, 6) is 0.187. The molecule has 13 heteroatoms. The predicted octanol–water partition coefficient (Wildman–Crippen LogP) is 2.19. The molecule has 0 atom stereocenters. The van der Waals surface area contributed by atoms with Crippen molar-refractivity contribution in [2.75, 3.05) is 14.2 Å². The van der Waals surface area contributed by atoms with Gasteiger partial charge in [-0.3, -0.25) is 20.2 Å². The summed E-state index contributed by atoms with van der Waals surface area (Å²) in [6.45, 7) is 0. The SMILES string of the molecule is COc1ccc(/C=N\NC(=O)N/N=C/c2ccc(OC)c([N+](=O)[O-])c2)cc1[N+](=O)[O-]. The topological polar surface area (TPSA) is 171 Å². The molecule has 2 rings (SSSR count). The first kappa shape index (κ1) is 21.7. The van der Waals surface area contributed by atoms with E-state index in [1.165, 1.54) is 63.0 Å². The number of amides is 2. The monoisotopic (exact) mass is 416 g/mol. The summed E-state index contributed by atoms with van der Waals surface area (Å²) in [5, 5.41) is 29.3. The van der Waals surface area contributed by atoms with Crippen molar-refractivity contribution in [3.05, 3.63) is 67.8 Å². The van der Waals surface area contributed by atoms with Gasteiger partial charge in [0.15, 0.2) is 11.5 Å². The first-order valence-electron chi connectivity index (χ1n) is 8.12. The summed E-state index contributed by atoms with van der Waals surface area (Å²) in [5.41, 5.74) is 4.46. The minimum atomic E-state index is -0.798. The van der Waals surface area contributed by atoms with Crippen LogP contribution in [0.5, 0.6) is 11.5 Å². The number of nitrogens with one attached hydrogen (secondary N) is 2. The highest BCUT2D eigenvalue weighted by Gasteiger charge is 2.15. The molecule has 2 aromatic carbocycles. The molecule has 0 spiro atoms. The van der Waals surface area contributed by atoms with Gasteiger partial charge in [0.05, 0.1) is 36.5 Å². The van der Waals surface area contributed by atoms with E-state index < -0.39 is 15.9 Å². The van der Waals surface area contributed by atoms with E-state index in [2.05, 4.69) is 21.1 Å². The molecule has 0 aliphatic rings. The molecule has 0 bridgehead atoms. The van der Waals surface area contributed by atoms with Crippen molar-refractivity contribution < 1.29 is 24.1 Å². The first-order valence-corrected chi connectivity index (χ1v) is 8.12. The van der Waals surface area contributed by atoms with Gasteiger partial charge in [0.2, 0.25) is 0 Å². The van der Waals surface area contributed by atoms with Crippen LogP contribution in [-0.2, 0) is 0 Å². The Morgan fingerprint density at radius 3 is 1.60 bits per heavy atom. The molecule has 0 aliphatic heterocycles. The van der Waals surface area contributed by atoms with Crippen LogP contribution in [0.4, 0.5) is 16.2 Å². The second kappa shape index (κ2) is 10.1. The smallest absolute Gasteiger partial charge is 0.355 e. The molecule has 0 heterocycles. The fraction of sp³-hybridized carbons (Fsp3) is 0.118. The fourth-order valence-electron chi connectivity index (χ4n) is 2.22. The van der Waals surface area contributed by atoms with Crippen molar-refractivity contribution in [1.82, 2.24) is 10.9 Å². The predicted molar refractivity (Wildman–Crippen MR) is 106 cm³/mol. The number of ether oxygens (including phenoxy) is 2. The Hall–Kier alpha value is -4.55. The van der Waals surface area contributed by atoms with E-state index in [1.807, 2.05) is 0 Å². The molecule has 0 unspecified atom stereocenters. The maximum absolute atomic E-state index is 11.7. The van der Waals surface area contributed by atoms with Gasteiger partial charge in [0.25, 0.3) is 0 Å². The Balaban J connectivity index is 1.95. The summed E-state index contributed by atoms with van der Waals surface area (Å²) in [4.78, 5) is 32.4. The minimum Gasteiger partial charge on any atom is -0.490 e. The number of carbonyl (C=O) groups is 1. The van der Waals surface area contributed by atoms with Gasteiger partial charge in [-0.2, -0.15) is 10.2 Å². The molecule has 13 nitrogen and oxygen atoms in total. The molecule has 2 aromatic rings. The van der Waals surface area contributed by atoms with Gasteiger partial charge in [0, 0.05) is 23.3 Å². The van der Waals surface area contributed by atoms with E-state index in [0.717, 1.165) is 0 Å². The van der Waals surface area contributed by atoms with Crippen LogP contribution in [0.15, 0.2) is 46.6 Å². The van der Waals surface area contributed by atoms with Gasteiger partial charge >= 0.3 is 17.4 Å². The quantitative estimate of drug-likeness (QED) is 0.377. The Labute approximate surface area is 169 Å². The van der Waals surface area contributed by atoms with E-state index in [0.29, 0.717) is 11.1 Å². The van der Waals surface area contributed by atoms with Crippen molar-refractivity contribution in [2.45, 2.75) is 0 Å². The van der Waals surface area contributed by atoms with Crippen molar-refractivity contribution in [3.63, 3.8) is 0 Å². The zero-order valence-electron chi connectivity index (χ0n) is 15.8. The molecule has 2 amide bonds. The van der Waals surface area contributed by atoms with Crippen LogP contribution >= 0.6 is 0 Å². The van der Waals surface area contributed by atoms with Gasteiger partial charge in [-0.05, 0) is 24.3 Å². The van der Waals surface area contributed by atoms with Gasteiger partial charge in [-0.25, -0.2) is 15.6 Å². The third kappa shape index (κ3) is 5.72. The molecule has 0 fully saturated rings. The lowest BCUT2D eigenvalue weighted by Crippen LogP contribution is -2.28. The highest BCUT2D eigenvalue weighted by Crippen LogP contribution is 2.27. The number of nitro groups is 2. The van der Waals surface area contributed by atoms with Gasteiger partial charge < -0.3 is 9.47 Å². The first-order chi connectivity index (χ1) is 14.3. The summed E-state index contributed by atoms with van der Waals surface area (Å²) >= 11 is 0. The Morgan fingerprint density at radius 2 is 1.27 bits per heavy atom. The fourth-order valence-corrected chi connectivity index (χ4v) is 2.22. The molecule has 2 N–H and O–H groups in total. The second-order valence-corrected chi connectivity index (χ2v) is 5.45. The van der Waals surface area contributed by atoms with Crippen LogP contribution in [0.25, 0.3) is 0 Å². The Kier molecular flexibility index (Phi) is 7.34. The molecular formula is C17H16N6O7. The molecule has 0 aliphatic carbocycles. The Bertz CT molecular complexity index is 942. The average Bonchev–Trinajstić information content (AvgIpc) is 2.73. The molecule has 0 saturated carbocycles. The number of benzene rings is 2. The number of nitrogens with zero attached hydrogens (tertiary/aromatic N) is 4. The number of nitro benzene ring substituents is 2. The zero-order valence-corrected chi connectivity index (χ0v) is 15.8. The highest BCUT2D eigenvalue weighted by molar-refractivity contribution is 5.85. The van der Waals surface area contributed by atoms with E-state index >= 15 is 0 Å². The lowest BCUT2D eigenvalue weighted by Gasteiger charge is -2.02. The number of urea groups is 1. The largest absolute Gasteiger partial charge is 0.490 e. The number of rotatable bonds is 8. The molecule has 156 valence electrons. The Morgan fingerprint density at radius 1 is 0.867 bits per heavy atom. The van der Waals surface area contributed by atoms with Gasteiger partial charge in [0.1, 0.15) is 0 Å². The lowest BCUT2D eigenvalue weighted by molar-refractivity contribution is -0.385. The average molecular weight is 416 g/mol. The third-order valence-electron chi connectivity index (χ3n) is 3.56. The summed E-state index contributed by atoms with van der Waals surface area (Å²) in [6.07, 6.45) is 2.39. The molecule has 0 radical (unpaired) electrons. The minimum absolute atomic E-state index is 0.0935. The summed E-state index contributed by atoms with van der Waals surface area (Å²) in [6, 6.07) is 7.50. The van der Waals surface area contributed by atoms with Crippen molar-refractivity contribution in [1.29, 1.82) is 0 Å². The normalized spacial score (nSPS) is 10.7. The standard InChI is InChI=1S/C17H16N6O7/c1-29-15-5-3-11(7-13(15)22(25)26)9-18-20-17(24)21-19-10-12-4-6-16(30-2)14(8-12)23(27)28/h3-10H,1-2H3,(H2,20,21,24)/b18-9-,19-10+. The van der Waals surface area contributed by atoms with Gasteiger partial charge in [-0.1, -0.05) is 0 Å². The van der Waals surface area contributed by atoms with Crippen LogP contribution in [-0.4, -0.2) is 42.5 Å². The highest BCUT2D eigenvalue weighted by atomic mass is 16.6. The number of methoxy groups -OCH3 is 2. The maximum atomic E-state index is 11.7. The second-order valence-electron chi connectivity index (χ2n) is 5.45. The maximum Gasteiger partial charge on any atom is 0.355 e. The number of carbonyl (C=O) groups excluding carboxylic acids is 1. The summed E-state index contributed by atoms with van der Waals surface area (Å²) in [7, 11) is 2.62. The van der Waals surface area contributed by atoms with Crippen LogP contribution < -0.4 is 20.3 Å². The number of hydrogen-bond acceptors (Lipinski definition) is 9. The van der Waals surface area contributed by atoms with Gasteiger partial charge in [-0.15, -0.1) is 0 Å². The molecule has 0 aromatic heterocycles. The van der Waals surface area contributed by atoms with Crippen LogP contribution in [0.3, 0.4) is 0 Å². The molecule has 0 saturated heterocycles. The van der Waals surface area contributed by atoms with Crippen molar-refractivity contribution in [2.24, 2.45) is 10.2 Å². The van der Waals surface area contributed by atoms with Crippen molar-refractivity contribution in [3.8, 4) is 11.5 Å². The zero-order chi connectivity index (χ0) is 22.1. The van der Waals surface area contributed by atoms with Crippen LogP contribution in [0.2, 0.25) is 0 Å².